The molecule has 5 nitrogen and oxygen atoms in total. The Kier molecular flexibility index (Phi) is 6.21. The van der Waals surface area contributed by atoms with Gasteiger partial charge in [0, 0.05) is 16.0 Å². The van der Waals surface area contributed by atoms with Crippen molar-refractivity contribution in [2.24, 2.45) is 5.10 Å². The van der Waals surface area contributed by atoms with Gasteiger partial charge in [-0.3, -0.25) is 5.43 Å². The number of aromatic nitrogens is 1. The number of nitrogens with one attached hydrogen (secondary N) is 1. The molecule has 0 unspecified atom stereocenters. The summed E-state index contributed by atoms with van der Waals surface area (Å²) in [4.78, 5) is 5.71. The van der Waals surface area contributed by atoms with E-state index in [0.29, 0.717) is 32.2 Å². The van der Waals surface area contributed by atoms with Crippen molar-refractivity contribution < 1.29 is 9.47 Å². The van der Waals surface area contributed by atoms with Crippen LogP contribution in [0.5, 0.6) is 11.5 Å². The van der Waals surface area contributed by atoms with Crippen LogP contribution in [0.1, 0.15) is 10.4 Å². The van der Waals surface area contributed by atoms with E-state index in [4.69, 9.17) is 32.7 Å². The maximum Gasteiger partial charge on any atom is 0.204 e. The minimum absolute atomic E-state index is 0.297. The van der Waals surface area contributed by atoms with E-state index in [-0.39, 0.29) is 0 Å². The summed E-state index contributed by atoms with van der Waals surface area (Å²) in [5.41, 5.74) is 5.57. The SMILES string of the molecule is COc1c(Cl)cc(/C=N\Nc2nc(-c3ccccc3)c(C)s2)c(OC)c1Cl. The van der Waals surface area contributed by atoms with Crippen LogP contribution in [-0.4, -0.2) is 25.4 Å². The summed E-state index contributed by atoms with van der Waals surface area (Å²) < 4.78 is 10.5. The van der Waals surface area contributed by atoms with E-state index < -0.39 is 0 Å². The molecule has 0 spiro atoms. The molecule has 1 aromatic heterocycles. The van der Waals surface area contributed by atoms with Gasteiger partial charge >= 0.3 is 0 Å². The molecule has 140 valence electrons. The topological polar surface area (TPSA) is 55.7 Å². The van der Waals surface area contributed by atoms with Crippen LogP contribution in [0.3, 0.4) is 0 Å². The number of anilines is 1. The fourth-order valence-electron chi connectivity index (χ4n) is 2.56. The van der Waals surface area contributed by atoms with Gasteiger partial charge in [-0.1, -0.05) is 53.5 Å². The Morgan fingerprint density at radius 3 is 2.48 bits per heavy atom. The highest BCUT2D eigenvalue weighted by Crippen LogP contribution is 2.41. The number of rotatable bonds is 6. The highest BCUT2D eigenvalue weighted by molar-refractivity contribution is 7.16. The molecule has 0 aliphatic heterocycles. The first kappa shape index (κ1) is 19.5. The zero-order valence-electron chi connectivity index (χ0n) is 14.9. The van der Waals surface area contributed by atoms with E-state index >= 15 is 0 Å². The molecule has 3 rings (SSSR count). The maximum absolute atomic E-state index is 6.28. The predicted molar refractivity (Wildman–Crippen MR) is 113 cm³/mol. The highest BCUT2D eigenvalue weighted by Gasteiger charge is 2.16. The van der Waals surface area contributed by atoms with Crippen molar-refractivity contribution in [2.75, 3.05) is 19.6 Å². The molecule has 0 aliphatic carbocycles. The number of aryl methyl sites for hydroxylation is 1. The Hall–Kier alpha value is -2.28. The summed E-state index contributed by atoms with van der Waals surface area (Å²) in [6.45, 7) is 2.03. The predicted octanol–water partition coefficient (Wildman–Crippen LogP) is 5.89. The molecule has 0 bridgehead atoms. The Morgan fingerprint density at radius 1 is 1.11 bits per heavy atom. The van der Waals surface area contributed by atoms with Crippen LogP contribution in [0.2, 0.25) is 10.0 Å². The van der Waals surface area contributed by atoms with Crippen LogP contribution in [0.25, 0.3) is 11.3 Å². The summed E-state index contributed by atoms with van der Waals surface area (Å²) in [5, 5.41) is 5.60. The molecular weight excluding hydrogens is 405 g/mol. The molecule has 8 heteroatoms. The number of hydrogen-bond acceptors (Lipinski definition) is 6. The number of hydrogen-bond donors (Lipinski definition) is 1. The van der Waals surface area contributed by atoms with E-state index in [0.717, 1.165) is 16.1 Å². The van der Waals surface area contributed by atoms with E-state index in [1.165, 1.54) is 25.6 Å². The summed E-state index contributed by atoms with van der Waals surface area (Å²) in [6.07, 6.45) is 1.58. The van der Waals surface area contributed by atoms with Crippen LogP contribution in [0.4, 0.5) is 5.13 Å². The Bertz CT molecular complexity index is 975. The van der Waals surface area contributed by atoms with Gasteiger partial charge in [0.15, 0.2) is 5.75 Å². The third kappa shape index (κ3) is 4.18. The van der Waals surface area contributed by atoms with Gasteiger partial charge in [0.05, 0.1) is 31.2 Å². The van der Waals surface area contributed by atoms with Gasteiger partial charge in [-0.15, -0.1) is 11.3 Å². The third-order valence-electron chi connectivity index (χ3n) is 3.78. The number of thiazole rings is 1. The van der Waals surface area contributed by atoms with Gasteiger partial charge in [0.25, 0.3) is 0 Å². The van der Waals surface area contributed by atoms with Crippen LogP contribution in [0.15, 0.2) is 41.5 Å². The molecule has 2 aromatic carbocycles. The van der Waals surface area contributed by atoms with Crippen molar-refractivity contribution in [3.8, 4) is 22.8 Å². The van der Waals surface area contributed by atoms with Crippen molar-refractivity contribution in [1.29, 1.82) is 0 Å². The minimum atomic E-state index is 0.297. The standard InChI is InChI=1S/C19H17Cl2N3O2S/c1-11-16(12-7-5-4-6-8-12)23-19(27-11)24-22-10-13-9-14(20)18(26-3)15(21)17(13)25-2/h4-10H,1-3H3,(H,23,24)/b22-10-. The second-order valence-electron chi connectivity index (χ2n) is 5.49. The first-order chi connectivity index (χ1) is 13.0. The number of ether oxygens (including phenoxy) is 2. The molecule has 0 fully saturated rings. The smallest absolute Gasteiger partial charge is 0.204 e. The van der Waals surface area contributed by atoms with Gasteiger partial charge in [-0.2, -0.15) is 5.10 Å². The van der Waals surface area contributed by atoms with Crippen LogP contribution >= 0.6 is 34.5 Å². The fraction of sp³-hybridized carbons (Fsp3) is 0.158. The Labute approximate surface area is 171 Å². The van der Waals surface area contributed by atoms with E-state index in [1.54, 1.807) is 12.3 Å². The highest BCUT2D eigenvalue weighted by atomic mass is 35.5. The first-order valence-electron chi connectivity index (χ1n) is 7.97. The van der Waals surface area contributed by atoms with Gasteiger partial charge in [0.2, 0.25) is 5.13 Å². The van der Waals surface area contributed by atoms with E-state index in [1.807, 2.05) is 37.3 Å². The average molecular weight is 422 g/mol. The lowest BCUT2D eigenvalue weighted by Gasteiger charge is -2.12. The van der Waals surface area contributed by atoms with Crippen molar-refractivity contribution in [2.45, 2.75) is 6.92 Å². The normalized spacial score (nSPS) is 11.0. The summed E-state index contributed by atoms with van der Waals surface area (Å²) in [7, 11) is 3.02. The lowest BCUT2D eigenvalue weighted by molar-refractivity contribution is 0.394. The van der Waals surface area contributed by atoms with Crippen LogP contribution in [0, 0.1) is 6.92 Å². The molecule has 0 atom stereocenters. The van der Waals surface area contributed by atoms with E-state index in [9.17, 15) is 0 Å². The fourth-order valence-corrected chi connectivity index (χ4v) is 4.05. The second kappa shape index (κ2) is 8.61. The summed E-state index contributed by atoms with van der Waals surface area (Å²) in [6, 6.07) is 11.7. The van der Waals surface area contributed by atoms with Gasteiger partial charge in [-0.05, 0) is 13.0 Å². The van der Waals surface area contributed by atoms with Gasteiger partial charge < -0.3 is 9.47 Å². The largest absolute Gasteiger partial charge is 0.494 e. The minimum Gasteiger partial charge on any atom is -0.494 e. The van der Waals surface area contributed by atoms with E-state index in [2.05, 4.69) is 15.5 Å². The average Bonchev–Trinajstić information content (AvgIpc) is 3.03. The Morgan fingerprint density at radius 2 is 1.81 bits per heavy atom. The lowest BCUT2D eigenvalue weighted by Crippen LogP contribution is -1.97. The van der Waals surface area contributed by atoms with Crippen LogP contribution < -0.4 is 14.9 Å². The molecule has 0 aliphatic rings. The van der Waals surface area contributed by atoms with Crippen molar-refractivity contribution in [1.82, 2.24) is 4.98 Å². The zero-order valence-corrected chi connectivity index (χ0v) is 17.2. The summed E-state index contributed by atoms with van der Waals surface area (Å²) >= 11 is 14.0. The van der Waals surface area contributed by atoms with Crippen molar-refractivity contribution in [3.63, 3.8) is 0 Å². The molecule has 0 saturated heterocycles. The van der Waals surface area contributed by atoms with Gasteiger partial charge in [-0.25, -0.2) is 4.98 Å². The number of hydrazone groups is 1. The quantitative estimate of drug-likeness (QED) is 0.398. The van der Waals surface area contributed by atoms with Crippen molar-refractivity contribution >= 4 is 45.9 Å². The molecular formula is C19H17Cl2N3O2S. The number of benzene rings is 2. The molecule has 0 radical (unpaired) electrons. The van der Waals surface area contributed by atoms with Crippen LogP contribution in [-0.2, 0) is 0 Å². The molecule has 3 aromatic rings. The number of methoxy groups -OCH3 is 2. The number of nitrogens with zero attached hydrogens (tertiary/aromatic N) is 2. The van der Waals surface area contributed by atoms with Gasteiger partial charge in [0.1, 0.15) is 10.8 Å². The molecule has 27 heavy (non-hydrogen) atoms. The second-order valence-corrected chi connectivity index (χ2v) is 7.48. The molecule has 0 saturated carbocycles. The van der Waals surface area contributed by atoms with Crippen molar-refractivity contribution in [3.05, 3.63) is 56.9 Å². The zero-order chi connectivity index (χ0) is 19.4. The monoisotopic (exact) mass is 421 g/mol. The lowest BCUT2D eigenvalue weighted by atomic mass is 10.1. The maximum atomic E-state index is 6.28. The first-order valence-corrected chi connectivity index (χ1v) is 9.54. The third-order valence-corrected chi connectivity index (χ3v) is 5.28. The molecule has 1 N–H and O–H groups in total. The summed E-state index contributed by atoms with van der Waals surface area (Å²) in [5.74, 6) is 0.798. The Balaban J connectivity index is 1.83. The number of halogens is 2. The molecule has 0 amide bonds. The molecule has 1 heterocycles.